The highest BCUT2D eigenvalue weighted by Crippen LogP contribution is 2.12. The first kappa shape index (κ1) is 14.7. The lowest BCUT2D eigenvalue weighted by atomic mass is 9.95. The highest BCUT2D eigenvalue weighted by molar-refractivity contribution is 5.73. The number of aliphatic hydroxyl groups excluding tert-OH is 1. The average Bonchev–Trinajstić information content (AvgIpc) is 2.37. The number of rotatable bonds is 6. The largest absolute Gasteiger partial charge is 0.469 e. The van der Waals surface area contributed by atoms with Crippen molar-refractivity contribution in [3.8, 4) is 0 Å². The maximum Gasteiger partial charge on any atom is 0.312 e. The van der Waals surface area contributed by atoms with Gasteiger partial charge in [-0.3, -0.25) is 4.79 Å². The molecule has 0 heterocycles. The molecule has 0 unspecified atom stereocenters. The molecule has 0 radical (unpaired) electrons. The Hall–Kier alpha value is -1.39. The fourth-order valence-electron chi connectivity index (χ4n) is 1.96. The molecular weight excluding hydrogens is 230 g/mol. The first-order valence-corrected chi connectivity index (χ1v) is 6.09. The number of ether oxygens (including phenoxy) is 1. The molecule has 0 saturated carbocycles. The van der Waals surface area contributed by atoms with Crippen molar-refractivity contribution in [3.05, 3.63) is 35.9 Å². The van der Waals surface area contributed by atoms with Crippen molar-refractivity contribution in [1.29, 1.82) is 0 Å². The quantitative estimate of drug-likeness (QED) is 0.749. The Kier molecular flexibility index (Phi) is 5.82. The molecule has 0 fully saturated rings. The molecule has 1 aromatic carbocycles. The van der Waals surface area contributed by atoms with Crippen LogP contribution in [0.1, 0.15) is 19.4 Å². The van der Waals surface area contributed by atoms with Crippen molar-refractivity contribution in [2.45, 2.75) is 32.5 Å². The molecule has 1 rings (SSSR count). The molecular formula is C14H21NO3. The van der Waals surface area contributed by atoms with Crippen LogP contribution in [-0.2, 0) is 16.1 Å². The Morgan fingerprint density at radius 3 is 2.44 bits per heavy atom. The summed E-state index contributed by atoms with van der Waals surface area (Å²) < 4.78 is 4.71. The number of nitrogens with one attached hydrogen (secondary N) is 1. The van der Waals surface area contributed by atoms with E-state index in [1.165, 1.54) is 7.11 Å². The van der Waals surface area contributed by atoms with Gasteiger partial charge < -0.3 is 15.2 Å². The number of benzene rings is 1. The van der Waals surface area contributed by atoms with Gasteiger partial charge >= 0.3 is 5.97 Å². The van der Waals surface area contributed by atoms with Crippen LogP contribution in [0.2, 0.25) is 0 Å². The van der Waals surface area contributed by atoms with Gasteiger partial charge in [-0.05, 0) is 19.4 Å². The normalized spacial score (nSPS) is 15.8. The molecule has 0 spiro atoms. The maximum atomic E-state index is 11.6. The van der Waals surface area contributed by atoms with Crippen LogP contribution < -0.4 is 5.32 Å². The Bertz CT molecular complexity index is 365. The van der Waals surface area contributed by atoms with Gasteiger partial charge in [0.2, 0.25) is 0 Å². The van der Waals surface area contributed by atoms with Gasteiger partial charge in [0, 0.05) is 12.6 Å². The molecule has 0 saturated heterocycles. The van der Waals surface area contributed by atoms with Crippen LogP contribution >= 0.6 is 0 Å². The number of hydrogen-bond acceptors (Lipinski definition) is 4. The third kappa shape index (κ3) is 4.13. The smallest absolute Gasteiger partial charge is 0.312 e. The summed E-state index contributed by atoms with van der Waals surface area (Å²) in [6, 6.07) is 9.75. The van der Waals surface area contributed by atoms with E-state index in [9.17, 15) is 9.90 Å². The second-order valence-corrected chi connectivity index (χ2v) is 4.44. The molecule has 0 amide bonds. The predicted molar refractivity (Wildman–Crippen MR) is 69.9 cm³/mol. The minimum atomic E-state index is -0.740. The Balaban J connectivity index is 2.57. The van der Waals surface area contributed by atoms with Crippen molar-refractivity contribution in [2.24, 2.45) is 5.92 Å². The first-order valence-electron chi connectivity index (χ1n) is 6.09. The Morgan fingerprint density at radius 2 is 1.94 bits per heavy atom. The Morgan fingerprint density at radius 1 is 1.33 bits per heavy atom. The molecule has 3 atom stereocenters. The molecule has 0 aromatic heterocycles. The van der Waals surface area contributed by atoms with Crippen molar-refractivity contribution in [2.75, 3.05) is 7.11 Å². The zero-order chi connectivity index (χ0) is 13.5. The van der Waals surface area contributed by atoms with Crippen molar-refractivity contribution in [1.82, 2.24) is 5.32 Å². The molecule has 18 heavy (non-hydrogen) atoms. The summed E-state index contributed by atoms with van der Waals surface area (Å²) in [6.45, 7) is 4.13. The minimum Gasteiger partial charge on any atom is -0.469 e. The van der Waals surface area contributed by atoms with E-state index >= 15 is 0 Å². The number of aliphatic hydroxyl groups is 1. The summed E-state index contributed by atoms with van der Waals surface area (Å²) in [5.41, 5.74) is 1.14. The van der Waals surface area contributed by atoms with E-state index in [0.29, 0.717) is 6.54 Å². The summed E-state index contributed by atoms with van der Waals surface area (Å²) in [7, 11) is 1.33. The standard InChI is InChI=1S/C14H21NO3/c1-10(13(11(2)16)14(17)18-3)15-9-12-7-5-4-6-8-12/h4-8,10-11,13,15-16H,9H2,1-3H3/t10-,11-,13+/m1/s1. The summed E-state index contributed by atoms with van der Waals surface area (Å²) >= 11 is 0. The second kappa shape index (κ2) is 7.13. The maximum absolute atomic E-state index is 11.6. The fraction of sp³-hybridized carbons (Fsp3) is 0.500. The zero-order valence-electron chi connectivity index (χ0n) is 11.1. The van der Waals surface area contributed by atoms with Gasteiger partial charge in [0.05, 0.1) is 19.1 Å². The van der Waals surface area contributed by atoms with Gasteiger partial charge in [-0.15, -0.1) is 0 Å². The van der Waals surface area contributed by atoms with Gasteiger partial charge in [0.15, 0.2) is 0 Å². The van der Waals surface area contributed by atoms with E-state index in [4.69, 9.17) is 4.74 Å². The molecule has 4 nitrogen and oxygen atoms in total. The summed E-state index contributed by atoms with van der Waals surface area (Å²) in [5.74, 6) is -0.947. The van der Waals surface area contributed by atoms with E-state index in [1.807, 2.05) is 37.3 Å². The monoisotopic (exact) mass is 251 g/mol. The lowest BCUT2D eigenvalue weighted by Gasteiger charge is -2.25. The highest BCUT2D eigenvalue weighted by atomic mass is 16.5. The van der Waals surface area contributed by atoms with Gasteiger partial charge in [0.25, 0.3) is 0 Å². The molecule has 0 aliphatic rings. The number of carbonyl (C=O) groups excluding carboxylic acids is 1. The third-order valence-electron chi connectivity index (χ3n) is 3.00. The molecule has 100 valence electrons. The Labute approximate surface area is 108 Å². The topological polar surface area (TPSA) is 58.6 Å². The van der Waals surface area contributed by atoms with Crippen LogP contribution in [0.25, 0.3) is 0 Å². The summed E-state index contributed by atoms with van der Waals surface area (Å²) in [5, 5.41) is 12.9. The van der Waals surface area contributed by atoms with Crippen LogP contribution in [-0.4, -0.2) is 30.3 Å². The van der Waals surface area contributed by atoms with Crippen molar-refractivity contribution >= 4 is 5.97 Å². The van der Waals surface area contributed by atoms with Crippen molar-refractivity contribution < 1.29 is 14.6 Å². The van der Waals surface area contributed by atoms with Crippen LogP contribution in [0, 0.1) is 5.92 Å². The van der Waals surface area contributed by atoms with Gasteiger partial charge in [0.1, 0.15) is 0 Å². The van der Waals surface area contributed by atoms with Crippen LogP contribution in [0.4, 0.5) is 0 Å². The van der Waals surface area contributed by atoms with Crippen molar-refractivity contribution in [3.63, 3.8) is 0 Å². The summed E-state index contributed by atoms with van der Waals surface area (Å²) in [6.07, 6.45) is -0.740. The van der Waals surface area contributed by atoms with Crippen LogP contribution in [0.15, 0.2) is 30.3 Å². The number of esters is 1. The molecule has 0 aliphatic carbocycles. The van der Waals surface area contributed by atoms with E-state index < -0.39 is 18.0 Å². The average molecular weight is 251 g/mol. The fourth-order valence-corrected chi connectivity index (χ4v) is 1.96. The van der Waals surface area contributed by atoms with Gasteiger partial charge in [-0.2, -0.15) is 0 Å². The predicted octanol–water partition coefficient (Wildman–Crippen LogP) is 1.33. The molecule has 1 aromatic rings. The molecule has 0 bridgehead atoms. The van der Waals surface area contributed by atoms with E-state index in [1.54, 1.807) is 6.92 Å². The van der Waals surface area contributed by atoms with E-state index in [0.717, 1.165) is 5.56 Å². The van der Waals surface area contributed by atoms with Gasteiger partial charge in [-0.1, -0.05) is 30.3 Å². The lowest BCUT2D eigenvalue weighted by molar-refractivity contribution is -0.150. The number of hydrogen-bond donors (Lipinski definition) is 2. The SMILES string of the molecule is COC(=O)[C@H]([C@@H](C)O)[C@@H](C)NCc1ccccc1. The molecule has 4 heteroatoms. The molecule has 2 N–H and O–H groups in total. The zero-order valence-corrected chi connectivity index (χ0v) is 11.1. The molecule has 0 aliphatic heterocycles. The first-order chi connectivity index (χ1) is 8.56. The van der Waals surface area contributed by atoms with Crippen LogP contribution in [0.3, 0.4) is 0 Å². The van der Waals surface area contributed by atoms with E-state index in [2.05, 4.69) is 5.32 Å². The summed E-state index contributed by atoms with van der Waals surface area (Å²) in [4.78, 5) is 11.6. The lowest BCUT2D eigenvalue weighted by Crippen LogP contribution is -2.43. The number of methoxy groups -OCH3 is 1. The third-order valence-corrected chi connectivity index (χ3v) is 3.00. The second-order valence-electron chi connectivity index (χ2n) is 4.44. The van der Waals surface area contributed by atoms with Gasteiger partial charge in [-0.25, -0.2) is 0 Å². The van der Waals surface area contributed by atoms with E-state index in [-0.39, 0.29) is 6.04 Å². The highest BCUT2D eigenvalue weighted by Gasteiger charge is 2.30. The van der Waals surface area contributed by atoms with Crippen LogP contribution in [0.5, 0.6) is 0 Å². The number of carbonyl (C=O) groups is 1. The minimum absolute atomic E-state index is 0.155.